The summed E-state index contributed by atoms with van der Waals surface area (Å²) in [4.78, 5) is 23.3. The van der Waals surface area contributed by atoms with Crippen LogP contribution in [0.3, 0.4) is 0 Å². The molecule has 0 radical (unpaired) electrons. The van der Waals surface area contributed by atoms with Gasteiger partial charge in [0.1, 0.15) is 5.54 Å². The predicted octanol–water partition coefficient (Wildman–Crippen LogP) is 2.09. The molecular formula is C16H16N2O3. The van der Waals surface area contributed by atoms with Gasteiger partial charge in [0.05, 0.1) is 11.6 Å². The molecule has 1 saturated carbocycles. The van der Waals surface area contributed by atoms with Gasteiger partial charge in [0, 0.05) is 6.08 Å². The maximum Gasteiger partial charge on any atom is 0.329 e. The summed E-state index contributed by atoms with van der Waals surface area (Å²) in [6.45, 7) is 0. The number of amides is 1. The van der Waals surface area contributed by atoms with E-state index in [1.807, 2.05) is 6.07 Å². The molecule has 21 heavy (non-hydrogen) atoms. The Morgan fingerprint density at radius 2 is 2.05 bits per heavy atom. The van der Waals surface area contributed by atoms with E-state index in [1.54, 1.807) is 30.3 Å². The Hall–Kier alpha value is -2.61. The molecule has 0 spiro atoms. The van der Waals surface area contributed by atoms with Crippen LogP contribution in [0.4, 0.5) is 0 Å². The SMILES string of the molecule is N#Cc1cccc(/C=C/C(=O)NC2(C(=O)O)CCCC2)c1. The van der Waals surface area contributed by atoms with Crippen molar-refractivity contribution in [1.29, 1.82) is 5.26 Å². The highest BCUT2D eigenvalue weighted by Crippen LogP contribution is 2.29. The van der Waals surface area contributed by atoms with Gasteiger partial charge in [-0.2, -0.15) is 5.26 Å². The van der Waals surface area contributed by atoms with Crippen molar-refractivity contribution in [1.82, 2.24) is 5.32 Å². The van der Waals surface area contributed by atoms with Crippen molar-refractivity contribution in [3.63, 3.8) is 0 Å². The molecule has 1 aliphatic carbocycles. The Labute approximate surface area is 122 Å². The summed E-state index contributed by atoms with van der Waals surface area (Å²) in [7, 11) is 0. The average Bonchev–Trinajstić information content (AvgIpc) is 2.95. The molecule has 108 valence electrons. The number of rotatable bonds is 4. The Kier molecular flexibility index (Phi) is 4.39. The minimum atomic E-state index is -1.13. The molecule has 1 fully saturated rings. The van der Waals surface area contributed by atoms with Crippen LogP contribution in [-0.4, -0.2) is 22.5 Å². The molecule has 5 heteroatoms. The van der Waals surface area contributed by atoms with Crippen LogP contribution < -0.4 is 5.32 Å². The van der Waals surface area contributed by atoms with Crippen molar-refractivity contribution in [2.45, 2.75) is 31.2 Å². The molecule has 2 N–H and O–H groups in total. The minimum Gasteiger partial charge on any atom is -0.480 e. The number of hydrogen-bond acceptors (Lipinski definition) is 3. The fraction of sp³-hybridized carbons (Fsp3) is 0.312. The van der Waals surface area contributed by atoms with Crippen LogP contribution in [0.1, 0.15) is 36.8 Å². The minimum absolute atomic E-state index is 0.429. The van der Waals surface area contributed by atoms with Gasteiger partial charge in [0.15, 0.2) is 0 Å². The van der Waals surface area contributed by atoms with Crippen LogP contribution in [-0.2, 0) is 9.59 Å². The number of carbonyl (C=O) groups is 2. The second-order valence-corrected chi connectivity index (χ2v) is 5.15. The standard InChI is InChI=1S/C16H16N2O3/c17-11-13-5-3-4-12(10-13)6-7-14(19)18-16(15(20)21)8-1-2-9-16/h3-7,10H,1-2,8-9H2,(H,18,19)(H,20,21)/b7-6+. The zero-order valence-corrected chi connectivity index (χ0v) is 11.5. The second kappa shape index (κ2) is 6.23. The number of carbonyl (C=O) groups excluding carboxylic acids is 1. The van der Waals surface area contributed by atoms with Gasteiger partial charge in [-0.05, 0) is 36.6 Å². The average molecular weight is 284 g/mol. The number of benzene rings is 1. The Bertz CT molecular complexity index is 623. The third-order valence-electron chi connectivity index (χ3n) is 3.67. The largest absolute Gasteiger partial charge is 0.480 e. The highest BCUT2D eigenvalue weighted by molar-refractivity contribution is 5.96. The van der Waals surface area contributed by atoms with Crippen LogP contribution in [0.15, 0.2) is 30.3 Å². The monoisotopic (exact) mass is 284 g/mol. The number of nitrogens with zero attached hydrogens (tertiary/aromatic N) is 1. The lowest BCUT2D eigenvalue weighted by Crippen LogP contribution is -2.52. The molecule has 1 aliphatic rings. The maximum atomic E-state index is 11.9. The topological polar surface area (TPSA) is 90.2 Å². The normalized spacial score (nSPS) is 16.5. The number of hydrogen-bond donors (Lipinski definition) is 2. The van der Waals surface area contributed by atoms with Crippen LogP contribution in [0.25, 0.3) is 6.08 Å². The quantitative estimate of drug-likeness (QED) is 0.828. The third-order valence-corrected chi connectivity index (χ3v) is 3.67. The van der Waals surface area contributed by atoms with Gasteiger partial charge in [-0.25, -0.2) is 4.79 Å². The van der Waals surface area contributed by atoms with E-state index >= 15 is 0 Å². The molecule has 0 heterocycles. The van der Waals surface area contributed by atoms with E-state index in [1.165, 1.54) is 6.08 Å². The van der Waals surface area contributed by atoms with Crippen LogP contribution in [0.2, 0.25) is 0 Å². The molecule has 1 aromatic rings. The van der Waals surface area contributed by atoms with Crippen molar-refractivity contribution in [2.24, 2.45) is 0 Å². The zero-order chi connectivity index (χ0) is 15.3. The Balaban J connectivity index is 2.05. The Morgan fingerprint density at radius 1 is 1.33 bits per heavy atom. The first kappa shape index (κ1) is 14.8. The number of nitrogens with one attached hydrogen (secondary N) is 1. The second-order valence-electron chi connectivity index (χ2n) is 5.15. The smallest absolute Gasteiger partial charge is 0.329 e. The summed E-state index contributed by atoms with van der Waals surface area (Å²) < 4.78 is 0. The summed E-state index contributed by atoms with van der Waals surface area (Å²) in [5.74, 6) is -1.41. The predicted molar refractivity (Wildman–Crippen MR) is 77.2 cm³/mol. The molecular weight excluding hydrogens is 268 g/mol. The molecule has 0 atom stereocenters. The summed E-state index contributed by atoms with van der Waals surface area (Å²) in [5.41, 5.74) is 0.103. The van der Waals surface area contributed by atoms with E-state index in [-0.39, 0.29) is 0 Å². The highest BCUT2D eigenvalue weighted by atomic mass is 16.4. The van der Waals surface area contributed by atoms with Gasteiger partial charge in [-0.15, -0.1) is 0 Å². The first-order chi connectivity index (χ1) is 10.1. The third kappa shape index (κ3) is 3.48. The lowest BCUT2D eigenvalue weighted by molar-refractivity contribution is -0.146. The van der Waals surface area contributed by atoms with Crippen molar-refractivity contribution in [2.75, 3.05) is 0 Å². The first-order valence-electron chi connectivity index (χ1n) is 6.79. The number of carboxylic acid groups (broad SMARTS) is 1. The van der Waals surface area contributed by atoms with Crippen LogP contribution >= 0.6 is 0 Å². The molecule has 2 rings (SSSR count). The van der Waals surface area contributed by atoms with Crippen molar-refractivity contribution < 1.29 is 14.7 Å². The lowest BCUT2D eigenvalue weighted by atomic mass is 9.98. The van der Waals surface area contributed by atoms with Gasteiger partial charge >= 0.3 is 5.97 Å². The molecule has 0 saturated heterocycles. The van der Waals surface area contributed by atoms with Gasteiger partial charge in [-0.3, -0.25) is 4.79 Å². The fourth-order valence-electron chi connectivity index (χ4n) is 2.53. The molecule has 1 amide bonds. The number of nitriles is 1. The lowest BCUT2D eigenvalue weighted by Gasteiger charge is -2.24. The molecule has 1 aromatic carbocycles. The zero-order valence-electron chi connectivity index (χ0n) is 11.5. The fourth-order valence-corrected chi connectivity index (χ4v) is 2.53. The van der Waals surface area contributed by atoms with Gasteiger partial charge < -0.3 is 10.4 Å². The van der Waals surface area contributed by atoms with E-state index in [0.29, 0.717) is 18.4 Å². The van der Waals surface area contributed by atoms with E-state index in [4.69, 9.17) is 5.26 Å². The highest BCUT2D eigenvalue weighted by Gasteiger charge is 2.42. The van der Waals surface area contributed by atoms with Crippen molar-refractivity contribution in [3.8, 4) is 6.07 Å². The van der Waals surface area contributed by atoms with Crippen LogP contribution in [0, 0.1) is 11.3 Å². The molecule has 5 nitrogen and oxygen atoms in total. The van der Waals surface area contributed by atoms with Crippen molar-refractivity contribution >= 4 is 18.0 Å². The Morgan fingerprint density at radius 3 is 2.67 bits per heavy atom. The molecule has 0 aromatic heterocycles. The summed E-state index contributed by atoms with van der Waals surface area (Å²) in [5, 5.41) is 20.7. The maximum absolute atomic E-state index is 11.9. The van der Waals surface area contributed by atoms with E-state index in [9.17, 15) is 14.7 Å². The van der Waals surface area contributed by atoms with E-state index < -0.39 is 17.4 Å². The molecule has 0 aliphatic heterocycles. The van der Waals surface area contributed by atoms with Crippen LogP contribution in [0.5, 0.6) is 0 Å². The summed E-state index contributed by atoms with van der Waals surface area (Å²) in [6.07, 6.45) is 5.42. The van der Waals surface area contributed by atoms with E-state index in [2.05, 4.69) is 5.32 Å². The van der Waals surface area contributed by atoms with Gasteiger partial charge in [0.2, 0.25) is 5.91 Å². The van der Waals surface area contributed by atoms with Gasteiger partial charge in [-0.1, -0.05) is 25.0 Å². The summed E-state index contributed by atoms with van der Waals surface area (Å²) >= 11 is 0. The molecule has 0 bridgehead atoms. The van der Waals surface area contributed by atoms with Crippen molar-refractivity contribution in [3.05, 3.63) is 41.5 Å². The molecule has 0 unspecified atom stereocenters. The van der Waals surface area contributed by atoms with Gasteiger partial charge in [0.25, 0.3) is 0 Å². The first-order valence-corrected chi connectivity index (χ1v) is 6.79. The summed E-state index contributed by atoms with van der Waals surface area (Å²) in [6, 6.07) is 8.86. The number of aliphatic carboxylic acids is 1. The van der Waals surface area contributed by atoms with E-state index in [0.717, 1.165) is 18.4 Å². The number of carboxylic acids is 1.